The first-order valence-corrected chi connectivity index (χ1v) is 8.48. The molecule has 0 fully saturated rings. The molecule has 2 N–H and O–H groups in total. The standard InChI is InChI=1S/C17H18FN7O2/c1-10-13-9-14(20-16(26)19-2)22-25(13)7-6-24(10)17-21-15(23-27-17)11-4-3-5-12(18)8-11/h3-5,8-10H,6-7H2,1-2H3,(H2,19,20,22,26). The Hall–Kier alpha value is -3.43. The minimum Gasteiger partial charge on any atom is -0.341 e. The lowest BCUT2D eigenvalue weighted by atomic mass is 10.1. The van der Waals surface area contributed by atoms with Crippen molar-refractivity contribution < 1.29 is 13.7 Å². The molecule has 2 amide bonds. The van der Waals surface area contributed by atoms with E-state index in [0.29, 0.717) is 36.3 Å². The number of hydrogen-bond donors (Lipinski definition) is 2. The number of fused-ring (bicyclic) bond motifs is 1. The highest BCUT2D eigenvalue weighted by atomic mass is 19.1. The van der Waals surface area contributed by atoms with E-state index in [0.717, 1.165) is 5.69 Å². The van der Waals surface area contributed by atoms with Crippen molar-refractivity contribution >= 4 is 17.9 Å². The topological polar surface area (TPSA) is 101 Å². The van der Waals surface area contributed by atoms with Crippen LogP contribution in [0.15, 0.2) is 34.9 Å². The number of nitrogens with one attached hydrogen (secondary N) is 2. The maximum Gasteiger partial charge on any atom is 0.325 e. The lowest BCUT2D eigenvalue weighted by molar-refractivity contribution is 0.254. The number of carbonyl (C=O) groups excluding carboxylic acids is 1. The van der Waals surface area contributed by atoms with Crippen LogP contribution in [0.3, 0.4) is 0 Å². The third kappa shape index (κ3) is 3.21. The lowest BCUT2D eigenvalue weighted by Gasteiger charge is -2.32. The maximum atomic E-state index is 13.4. The second kappa shape index (κ2) is 6.71. The molecule has 1 atom stereocenters. The van der Waals surface area contributed by atoms with Crippen LogP contribution in [-0.2, 0) is 6.54 Å². The van der Waals surface area contributed by atoms with Crippen LogP contribution >= 0.6 is 0 Å². The van der Waals surface area contributed by atoms with Crippen molar-refractivity contribution in [3.05, 3.63) is 41.8 Å². The van der Waals surface area contributed by atoms with Crippen molar-refractivity contribution in [3.8, 4) is 11.4 Å². The number of halogens is 1. The number of amides is 2. The smallest absolute Gasteiger partial charge is 0.325 e. The molecule has 1 aliphatic heterocycles. The molecule has 0 bridgehead atoms. The van der Waals surface area contributed by atoms with Crippen LogP contribution in [0.4, 0.5) is 21.0 Å². The molecule has 27 heavy (non-hydrogen) atoms. The van der Waals surface area contributed by atoms with Crippen molar-refractivity contribution in [2.75, 3.05) is 23.8 Å². The Morgan fingerprint density at radius 3 is 2.96 bits per heavy atom. The van der Waals surface area contributed by atoms with Crippen LogP contribution in [0, 0.1) is 5.82 Å². The summed E-state index contributed by atoms with van der Waals surface area (Å²) in [7, 11) is 1.54. The molecule has 140 valence electrons. The molecule has 0 saturated heterocycles. The molecule has 9 nitrogen and oxygen atoms in total. The van der Waals surface area contributed by atoms with Gasteiger partial charge in [0.05, 0.1) is 18.3 Å². The number of anilines is 2. The summed E-state index contributed by atoms with van der Waals surface area (Å²) in [6, 6.07) is 7.81. The quantitative estimate of drug-likeness (QED) is 0.733. The van der Waals surface area contributed by atoms with E-state index >= 15 is 0 Å². The number of carbonyl (C=O) groups is 1. The largest absolute Gasteiger partial charge is 0.341 e. The summed E-state index contributed by atoms with van der Waals surface area (Å²) in [6.45, 7) is 3.20. The zero-order chi connectivity index (χ0) is 19.0. The molecule has 0 aliphatic carbocycles. The minimum atomic E-state index is -0.356. The van der Waals surface area contributed by atoms with Gasteiger partial charge in [-0.2, -0.15) is 10.1 Å². The average Bonchev–Trinajstić information content (AvgIpc) is 3.29. The van der Waals surface area contributed by atoms with Gasteiger partial charge >= 0.3 is 12.0 Å². The van der Waals surface area contributed by atoms with Crippen molar-refractivity contribution in [2.45, 2.75) is 19.5 Å². The molecule has 0 spiro atoms. The average molecular weight is 371 g/mol. The van der Waals surface area contributed by atoms with E-state index in [1.807, 2.05) is 22.6 Å². The number of benzene rings is 1. The van der Waals surface area contributed by atoms with E-state index in [1.54, 1.807) is 19.2 Å². The summed E-state index contributed by atoms with van der Waals surface area (Å²) in [5.74, 6) is 0.451. The van der Waals surface area contributed by atoms with Gasteiger partial charge in [0, 0.05) is 25.2 Å². The Balaban J connectivity index is 1.57. The Morgan fingerprint density at radius 1 is 1.33 bits per heavy atom. The molecule has 3 aromatic rings. The van der Waals surface area contributed by atoms with Gasteiger partial charge in [0.1, 0.15) is 5.82 Å². The lowest BCUT2D eigenvalue weighted by Crippen LogP contribution is -2.37. The third-order valence-electron chi connectivity index (χ3n) is 4.47. The molecular formula is C17H18FN7O2. The summed E-state index contributed by atoms with van der Waals surface area (Å²) in [6.07, 6.45) is 0. The first-order valence-electron chi connectivity index (χ1n) is 8.48. The highest BCUT2D eigenvalue weighted by Crippen LogP contribution is 2.31. The number of aromatic nitrogens is 4. The summed E-state index contributed by atoms with van der Waals surface area (Å²) < 4.78 is 20.7. The zero-order valence-electron chi connectivity index (χ0n) is 14.8. The van der Waals surface area contributed by atoms with Crippen LogP contribution in [0.2, 0.25) is 0 Å². The molecule has 0 saturated carbocycles. The number of hydrogen-bond acceptors (Lipinski definition) is 6. The van der Waals surface area contributed by atoms with Crippen molar-refractivity contribution in [3.63, 3.8) is 0 Å². The van der Waals surface area contributed by atoms with E-state index < -0.39 is 0 Å². The van der Waals surface area contributed by atoms with Gasteiger partial charge in [-0.15, -0.1) is 0 Å². The van der Waals surface area contributed by atoms with E-state index in [9.17, 15) is 9.18 Å². The molecule has 3 heterocycles. The van der Waals surface area contributed by atoms with Crippen molar-refractivity contribution in [1.29, 1.82) is 0 Å². The zero-order valence-corrected chi connectivity index (χ0v) is 14.8. The Morgan fingerprint density at radius 2 is 2.19 bits per heavy atom. The van der Waals surface area contributed by atoms with Gasteiger partial charge < -0.3 is 14.7 Å². The van der Waals surface area contributed by atoms with E-state index in [2.05, 4.69) is 25.9 Å². The number of nitrogens with zero attached hydrogens (tertiary/aromatic N) is 5. The van der Waals surface area contributed by atoms with Gasteiger partial charge in [-0.1, -0.05) is 17.3 Å². The minimum absolute atomic E-state index is 0.0905. The molecule has 4 rings (SSSR count). The molecule has 1 aliphatic rings. The first-order chi connectivity index (χ1) is 13.0. The SMILES string of the molecule is CNC(=O)Nc1cc2n(n1)CCN(c1nc(-c3cccc(F)c3)no1)C2C. The summed E-state index contributed by atoms with van der Waals surface area (Å²) in [5, 5.41) is 13.5. The van der Waals surface area contributed by atoms with E-state index in [1.165, 1.54) is 12.1 Å². The Kier molecular flexibility index (Phi) is 4.22. The van der Waals surface area contributed by atoms with E-state index in [-0.39, 0.29) is 17.9 Å². The molecule has 0 radical (unpaired) electrons. The summed E-state index contributed by atoms with van der Waals surface area (Å²) in [4.78, 5) is 17.8. The van der Waals surface area contributed by atoms with Crippen molar-refractivity contribution in [2.24, 2.45) is 0 Å². The predicted octanol–water partition coefficient (Wildman–Crippen LogP) is 2.40. The monoisotopic (exact) mass is 371 g/mol. The van der Waals surface area contributed by atoms with Gasteiger partial charge in [0.2, 0.25) is 5.82 Å². The molecule has 10 heteroatoms. The van der Waals surface area contributed by atoms with E-state index in [4.69, 9.17) is 4.52 Å². The van der Waals surface area contributed by atoms with Crippen LogP contribution < -0.4 is 15.5 Å². The summed E-state index contributed by atoms with van der Waals surface area (Å²) >= 11 is 0. The Labute approximate surface area is 154 Å². The van der Waals surface area contributed by atoms with Gasteiger partial charge in [0.15, 0.2) is 5.82 Å². The highest BCUT2D eigenvalue weighted by molar-refractivity contribution is 5.88. The second-order valence-electron chi connectivity index (χ2n) is 6.16. The first kappa shape index (κ1) is 17.0. The highest BCUT2D eigenvalue weighted by Gasteiger charge is 2.29. The van der Waals surface area contributed by atoms with Crippen LogP contribution in [0.5, 0.6) is 0 Å². The predicted molar refractivity (Wildman–Crippen MR) is 95.8 cm³/mol. The van der Waals surface area contributed by atoms with Crippen LogP contribution in [0.25, 0.3) is 11.4 Å². The van der Waals surface area contributed by atoms with Crippen LogP contribution in [0.1, 0.15) is 18.7 Å². The van der Waals surface area contributed by atoms with Gasteiger partial charge in [-0.25, -0.2) is 9.18 Å². The fourth-order valence-electron chi connectivity index (χ4n) is 3.08. The van der Waals surface area contributed by atoms with Gasteiger partial charge in [-0.3, -0.25) is 10.00 Å². The maximum absolute atomic E-state index is 13.4. The number of urea groups is 1. The molecular weight excluding hydrogens is 353 g/mol. The fraction of sp³-hybridized carbons (Fsp3) is 0.294. The van der Waals surface area contributed by atoms with Crippen LogP contribution in [-0.4, -0.2) is 39.5 Å². The fourth-order valence-corrected chi connectivity index (χ4v) is 3.08. The molecule has 2 aromatic heterocycles. The number of rotatable bonds is 3. The van der Waals surface area contributed by atoms with Gasteiger partial charge in [0.25, 0.3) is 0 Å². The normalized spacial score (nSPS) is 16.1. The van der Waals surface area contributed by atoms with Crippen molar-refractivity contribution in [1.82, 2.24) is 25.2 Å². The second-order valence-corrected chi connectivity index (χ2v) is 6.16. The van der Waals surface area contributed by atoms with Gasteiger partial charge in [-0.05, 0) is 19.1 Å². The Bertz CT molecular complexity index is 983. The third-order valence-corrected chi connectivity index (χ3v) is 4.47. The molecule has 1 unspecified atom stereocenters. The summed E-state index contributed by atoms with van der Waals surface area (Å²) in [5.41, 5.74) is 1.47. The molecule has 1 aromatic carbocycles.